The molecule has 0 radical (unpaired) electrons. The fraction of sp³-hybridized carbons (Fsp3) is 0.0769. The number of hydrogen-bond donors (Lipinski definition) is 3. The number of nitrogen functional groups attached to an aromatic ring is 1. The number of nitrogens with zero attached hydrogens (tertiary/aromatic N) is 1. The van der Waals surface area contributed by atoms with Crippen LogP contribution in [0.5, 0.6) is 0 Å². The van der Waals surface area contributed by atoms with Gasteiger partial charge in [0.2, 0.25) is 0 Å². The van der Waals surface area contributed by atoms with E-state index < -0.39 is 0 Å². The molecule has 0 bridgehead atoms. The van der Waals surface area contributed by atoms with E-state index in [-0.39, 0.29) is 5.91 Å². The second-order valence-electron chi connectivity index (χ2n) is 3.99. The van der Waals surface area contributed by atoms with Gasteiger partial charge in [-0.3, -0.25) is 10.6 Å². The minimum atomic E-state index is -0.207. The number of aryl methyl sites for hydroxylation is 1. The molecule has 6 heteroatoms. The van der Waals surface area contributed by atoms with Crippen molar-refractivity contribution in [3.63, 3.8) is 0 Å². The van der Waals surface area contributed by atoms with E-state index >= 15 is 0 Å². The summed E-state index contributed by atoms with van der Waals surface area (Å²) in [7, 11) is 0. The van der Waals surface area contributed by atoms with Gasteiger partial charge in [0.15, 0.2) is 0 Å². The Morgan fingerprint density at radius 3 is 2.68 bits per heavy atom. The lowest BCUT2D eigenvalue weighted by molar-refractivity contribution is 0.102. The predicted octanol–water partition coefficient (Wildman–Crippen LogP) is 2.69. The molecule has 0 aliphatic carbocycles. The molecule has 0 spiro atoms. The second kappa shape index (κ2) is 5.81. The number of hydrogen-bond acceptors (Lipinski definition) is 4. The average Bonchev–Trinajstić information content (AvgIpc) is 2.41. The van der Waals surface area contributed by atoms with Gasteiger partial charge in [0.25, 0.3) is 5.91 Å². The van der Waals surface area contributed by atoms with Crippen molar-refractivity contribution in [2.24, 2.45) is 5.84 Å². The van der Waals surface area contributed by atoms with E-state index in [9.17, 15) is 4.79 Å². The number of benzene rings is 1. The summed E-state index contributed by atoms with van der Waals surface area (Å²) >= 11 is 3.29. The maximum Gasteiger partial charge on any atom is 0.256 e. The Morgan fingerprint density at radius 2 is 2.11 bits per heavy atom. The highest BCUT2D eigenvalue weighted by atomic mass is 79.9. The Hall–Kier alpha value is -1.92. The van der Waals surface area contributed by atoms with Gasteiger partial charge in [-0.15, -0.1) is 0 Å². The Labute approximate surface area is 119 Å². The van der Waals surface area contributed by atoms with Crippen LogP contribution in [0, 0.1) is 6.92 Å². The SMILES string of the molecule is Cc1cc(C(=O)Nc2ccc(Br)cn2)ccc1NN. The Kier molecular flexibility index (Phi) is 4.13. The zero-order valence-corrected chi connectivity index (χ0v) is 11.9. The molecule has 0 fully saturated rings. The lowest BCUT2D eigenvalue weighted by atomic mass is 10.1. The van der Waals surface area contributed by atoms with Crippen LogP contribution in [0.2, 0.25) is 0 Å². The molecule has 2 rings (SSSR count). The van der Waals surface area contributed by atoms with Crippen LogP contribution in [0.15, 0.2) is 41.0 Å². The van der Waals surface area contributed by atoms with Gasteiger partial charge in [-0.05, 0) is 58.7 Å². The normalized spacial score (nSPS) is 10.1. The van der Waals surface area contributed by atoms with E-state index in [0.29, 0.717) is 11.4 Å². The largest absolute Gasteiger partial charge is 0.324 e. The number of rotatable bonds is 3. The first kappa shape index (κ1) is 13.5. The van der Waals surface area contributed by atoms with Gasteiger partial charge >= 0.3 is 0 Å². The molecule has 0 unspecified atom stereocenters. The van der Waals surface area contributed by atoms with E-state index in [2.05, 4.69) is 31.7 Å². The van der Waals surface area contributed by atoms with E-state index in [1.54, 1.807) is 30.5 Å². The molecule has 0 aliphatic rings. The zero-order chi connectivity index (χ0) is 13.8. The van der Waals surface area contributed by atoms with E-state index in [4.69, 9.17) is 5.84 Å². The van der Waals surface area contributed by atoms with Crippen LogP contribution in [0.25, 0.3) is 0 Å². The summed E-state index contributed by atoms with van der Waals surface area (Å²) in [5, 5.41) is 2.73. The smallest absolute Gasteiger partial charge is 0.256 e. The van der Waals surface area contributed by atoms with Gasteiger partial charge in [-0.25, -0.2) is 4.98 Å². The third-order valence-electron chi connectivity index (χ3n) is 2.61. The number of carbonyl (C=O) groups excluding carboxylic acids is 1. The number of nitrogens with one attached hydrogen (secondary N) is 2. The summed E-state index contributed by atoms with van der Waals surface area (Å²) in [5.41, 5.74) is 4.82. The molecule has 0 saturated carbocycles. The number of aromatic nitrogens is 1. The summed E-state index contributed by atoms with van der Waals surface area (Å²) in [6.07, 6.45) is 1.63. The van der Waals surface area contributed by atoms with Crippen LogP contribution < -0.4 is 16.6 Å². The van der Waals surface area contributed by atoms with Gasteiger partial charge < -0.3 is 10.7 Å². The van der Waals surface area contributed by atoms with Gasteiger partial charge in [-0.1, -0.05) is 0 Å². The number of pyridine rings is 1. The van der Waals surface area contributed by atoms with Crippen LogP contribution >= 0.6 is 15.9 Å². The summed E-state index contributed by atoms with van der Waals surface area (Å²) in [4.78, 5) is 16.1. The van der Waals surface area contributed by atoms with Crippen LogP contribution in [-0.4, -0.2) is 10.9 Å². The highest BCUT2D eigenvalue weighted by molar-refractivity contribution is 9.10. The molecule has 0 saturated heterocycles. The van der Waals surface area contributed by atoms with Crippen molar-refractivity contribution in [2.75, 3.05) is 10.7 Å². The molecule has 5 nitrogen and oxygen atoms in total. The fourth-order valence-corrected chi connectivity index (χ4v) is 1.84. The van der Waals surface area contributed by atoms with Crippen molar-refractivity contribution in [3.8, 4) is 0 Å². The van der Waals surface area contributed by atoms with Crippen molar-refractivity contribution >= 4 is 33.3 Å². The van der Waals surface area contributed by atoms with Crippen molar-refractivity contribution in [3.05, 3.63) is 52.1 Å². The molecule has 4 N–H and O–H groups in total. The highest BCUT2D eigenvalue weighted by Crippen LogP contribution is 2.16. The molecule has 19 heavy (non-hydrogen) atoms. The molecule has 98 valence electrons. The number of nitrogens with two attached hydrogens (primary N) is 1. The first-order valence-corrected chi connectivity index (χ1v) is 6.39. The topological polar surface area (TPSA) is 80.0 Å². The maximum absolute atomic E-state index is 12.0. The second-order valence-corrected chi connectivity index (χ2v) is 4.91. The minimum absolute atomic E-state index is 0.207. The molecule has 1 amide bonds. The summed E-state index contributed by atoms with van der Waals surface area (Å²) in [6.45, 7) is 1.88. The predicted molar refractivity (Wildman–Crippen MR) is 78.9 cm³/mol. The molecular formula is C13H13BrN4O. The quantitative estimate of drug-likeness (QED) is 0.600. The van der Waals surface area contributed by atoms with Crippen molar-refractivity contribution in [2.45, 2.75) is 6.92 Å². The third-order valence-corrected chi connectivity index (χ3v) is 3.08. The van der Waals surface area contributed by atoms with Gasteiger partial charge in [-0.2, -0.15) is 0 Å². The standard InChI is InChI=1S/C13H13BrN4O/c1-8-6-9(2-4-11(8)18-15)13(19)17-12-5-3-10(14)7-16-12/h2-7,18H,15H2,1H3,(H,16,17,19). The van der Waals surface area contributed by atoms with Crippen LogP contribution in [0.3, 0.4) is 0 Å². The number of halogens is 1. The molecule has 2 aromatic rings. The average molecular weight is 321 g/mol. The van der Waals surface area contributed by atoms with Gasteiger partial charge in [0, 0.05) is 16.2 Å². The first-order valence-electron chi connectivity index (χ1n) is 5.60. The summed E-state index contributed by atoms with van der Waals surface area (Å²) < 4.78 is 0.861. The van der Waals surface area contributed by atoms with Crippen LogP contribution in [-0.2, 0) is 0 Å². The monoisotopic (exact) mass is 320 g/mol. The van der Waals surface area contributed by atoms with Crippen molar-refractivity contribution in [1.82, 2.24) is 4.98 Å². The molecule has 1 heterocycles. The van der Waals surface area contributed by atoms with E-state index in [1.807, 2.05) is 13.0 Å². The molecular weight excluding hydrogens is 308 g/mol. The van der Waals surface area contributed by atoms with Gasteiger partial charge in [0.1, 0.15) is 5.82 Å². The van der Waals surface area contributed by atoms with E-state index in [1.165, 1.54) is 0 Å². The lowest BCUT2D eigenvalue weighted by Crippen LogP contribution is -2.14. The van der Waals surface area contributed by atoms with Crippen LogP contribution in [0.4, 0.5) is 11.5 Å². The summed E-state index contributed by atoms with van der Waals surface area (Å²) in [5.74, 6) is 5.65. The Bertz CT molecular complexity index is 598. The van der Waals surface area contributed by atoms with Gasteiger partial charge in [0.05, 0.1) is 5.69 Å². The van der Waals surface area contributed by atoms with E-state index in [0.717, 1.165) is 15.7 Å². The Morgan fingerprint density at radius 1 is 1.32 bits per heavy atom. The fourth-order valence-electron chi connectivity index (χ4n) is 1.61. The zero-order valence-electron chi connectivity index (χ0n) is 10.3. The number of amides is 1. The maximum atomic E-state index is 12.0. The first-order chi connectivity index (χ1) is 9.10. The number of hydrazine groups is 1. The minimum Gasteiger partial charge on any atom is -0.324 e. The molecule has 1 aromatic carbocycles. The highest BCUT2D eigenvalue weighted by Gasteiger charge is 2.08. The number of carbonyl (C=O) groups is 1. The lowest BCUT2D eigenvalue weighted by Gasteiger charge is -2.08. The third kappa shape index (κ3) is 3.30. The molecule has 1 aromatic heterocycles. The summed E-state index contributed by atoms with van der Waals surface area (Å²) in [6, 6.07) is 8.78. The van der Waals surface area contributed by atoms with Crippen molar-refractivity contribution < 1.29 is 4.79 Å². The van der Waals surface area contributed by atoms with Crippen LogP contribution in [0.1, 0.15) is 15.9 Å². The molecule has 0 aliphatic heterocycles. The number of anilines is 2. The van der Waals surface area contributed by atoms with Crippen molar-refractivity contribution in [1.29, 1.82) is 0 Å². The molecule has 0 atom stereocenters. The Balaban J connectivity index is 2.16.